The van der Waals surface area contributed by atoms with E-state index in [9.17, 15) is 0 Å². The lowest BCUT2D eigenvalue weighted by molar-refractivity contribution is 0.877. The normalized spacial score (nSPS) is 16.4. The van der Waals surface area contributed by atoms with Crippen LogP contribution in [0.25, 0.3) is 5.65 Å². The Kier molecular flexibility index (Phi) is 1.59. The summed E-state index contributed by atoms with van der Waals surface area (Å²) in [4.78, 5) is 4.46. The van der Waals surface area contributed by atoms with Crippen molar-refractivity contribution in [3.63, 3.8) is 0 Å². The van der Waals surface area contributed by atoms with E-state index in [4.69, 9.17) is 11.6 Å². The first-order valence-electron chi connectivity index (χ1n) is 4.77. The van der Waals surface area contributed by atoms with Crippen LogP contribution in [-0.2, 0) is 0 Å². The van der Waals surface area contributed by atoms with Gasteiger partial charge in [0.1, 0.15) is 5.15 Å². The quantitative estimate of drug-likeness (QED) is 0.673. The largest absolute Gasteiger partial charge is 0.212 e. The number of halogens is 1. The minimum absolute atomic E-state index is 0.575. The SMILES string of the molecule is Cc1cc(Cl)n2nc(C3CC3)nc2c1. The van der Waals surface area contributed by atoms with Crippen LogP contribution in [-0.4, -0.2) is 14.6 Å². The first kappa shape index (κ1) is 8.24. The van der Waals surface area contributed by atoms with Crippen LogP contribution in [0.1, 0.15) is 30.1 Å². The van der Waals surface area contributed by atoms with Gasteiger partial charge in [0.05, 0.1) is 0 Å². The molecule has 1 aliphatic rings. The van der Waals surface area contributed by atoms with Crippen molar-refractivity contribution in [2.24, 2.45) is 0 Å². The average molecular weight is 208 g/mol. The summed E-state index contributed by atoms with van der Waals surface area (Å²) in [5.41, 5.74) is 1.98. The Balaban J connectivity index is 2.26. The molecule has 2 aromatic heterocycles. The number of hydrogen-bond donors (Lipinski definition) is 0. The first-order chi connectivity index (χ1) is 6.74. The van der Waals surface area contributed by atoms with Crippen molar-refractivity contribution in [3.8, 4) is 0 Å². The molecule has 0 aromatic carbocycles. The standard InChI is InChI=1S/C10H10ClN3/c1-6-4-8(11)14-9(5-6)12-10(13-14)7-2-3-7/h4-5,7H,2-3H2,1H3. The van der Waals surface area contributed by atoms with E-state index < -0.39 is 0 Å². The molecule has 0 saturated heterocycles. The summed E-state index contributed by atoms with van der Waals surface area (Å²) >= 11 is 6.06. The van der Waals surface area contributed by atoms with Gasteiger partial charge in [0.2, 0.25) is 0 Å². The van der Waals surface area contributed by atoms with E-state index in [-0.39, 0.29) is 0 Å². The Labute approximate surface area is 86.7 Å². The van der Waals surface area contributed by atoms with Crippen LogP contribution in [0.3, 0.4) is 0 Å². The lowest BCUT2D eigenvalue weighted by atomic mass is 10.3. The fourth-order valence-electron chi connectivity index (χ4n) is 1.60. The fraction of sp³-hybridized carbons (Fsp3) is 0.400. The van der Waals surface area contributed by atoms with E-state index in [1.54, 1.807) is 4.52 Å². The summed E-state index contributed by atoms with van der Waals surface area (Å²) in [6.45, 7) is 2.01. The predicted octanol–water partition coefficient (Wildman–Crippen LogP) is 2.57. The number of hydrogen-bond acceptors (Lipinski definition) is 2. The molecule has 2 aromatic rings. The van der Waals surface area contributed by atoms with E-state index in [1.807, 2.05) is 19.1 Å². The molecule has 0 amide bonds. The molecule has 1 fully saturated rings. The van der Waals surface area contributed by atoms with Crippen LogP contribution in [0, 0.1) is 6.92 Å². The van der Waals surface area contributed by atoms with Crippen LogP contribution in [0.5, 0.6) is 0 Å². The highest BCUT2D eigenvalue weighted by Gasteiger charge is 2.28. The summed E-state index contributed by atoms with van der Waals surface area (Å²) in [5, 5.41) is 5.03. The number of nitrogens with zero attached hydrogens (tertiary/aromatic N) is 3. The van der Waals surface area contributed by atoms with E-state index in [2.05, 4.69) is 10.1 Å². The zero-order valence-corrected chi connectivity index (χ0v) is 8.62. The lowest BCUT2D eigenvalue weighted by Crippen LogP contribution is -1.90. The Morgan fingerprint density at radius 3 is 2.93 bits per heavy atom. The van der Waals surface area contributed by atoms with Gasteiger partial charge in [-0.1, -0.05) is 11.6 Å². The minimum Gasteiger partial charge on any atom is -0.212 e. The highest BCUT2D eigenvalue weighted by atomic mass is 35.5. The van der Waals surface area contributed by atoms with Crippen LogP contribution in [0.4, 0.5) is 0 Å². The lowest BCUT2D eigenvalue weighted by Gasteiger charge is -1.96. The van der Waals surface area contributed by atoms with Gasteiger partial charge in [0.25, 0.3) is 0 Å². The maximum atomic E-state index is 6.06. The molecule has 0 aliphatic heterocycles. The molecule has 3 rings (SSSR count). The predicted molar refractivity (Wildman–Crippen MR) is 54.7 cm³/mol. The Morgan fingerprint density at radius 2 is 2.21 bits per heavy atom. The van der Waals surface area contributed by atoms with Gasteiger partial charge in [-0.3, -0.25) is 0 Å². The summed E-state index contributed by atoms with van der Waals surface area (Å²) in [5.74, 6) is 1.52. The Morgan fingerprint density at radius 1 is 1.43 bits per heavy atom. The van der Waals surface area contributed by atoms with Gasteiger partial charge in [-0.2, -0.15) is 0 Å². The van der Waals surface area contributed by atoms with Crippen molar-refractivity contribution >= 4 is 17.2 Å². The summed E-state index contributed by atoms with van der Waals surface area (Å²) in [7, 11) is 0. The number of aryl methyl sites for hydroxylation is 1. The third kappa shape index (κ3) is 1.20. The maximum absolute atomic E-state index is 6.06. The average Bonchev–Trinajstić information content (AvgIpc) is 2.87. The van der Waals surface area contributed by atoms with E-state index in [0.717, 1.165) is 17.0 Å². The summed E-state index contributed by atoms with van der Waals surface area (Å²) in [6.07, 6.45) is 2.43. The van der Waals surface area contributed by atoms with Crippen molar-refractivity contribution in [1.29, 1.82) is 0 Å². The molecule has 2 heterocycles. The Bertz CT molecular complexity index is 499. The molecular weight excluding hydrogens is 198 g/mol. The highest BCUT2D eigenvalue weighted by molar-refractivity contribution is 6.29. The van der Waals surface area contributed by atoms with Crippen molar-refractivity contribution < 1.29 is 0 Å². The van der Waals surface area contributed by atoms with Crippen molar-refractivity contribution in [2.45, 2.75) is 25.7 Å². The van der Waals surface area contributed by atoms with Gasteiger partial charge in [-0.15, -0.1) is 5.10 Å². The molecule has 0 radical (unpaired) electrons. The van der Waals surface area contributed by atoms with Gasteiger partial charge in [-0.25, -0.2) is 9.50 Å². The van der Waals surface area contributed by atoms with E-state index >= 15 is 0 Å². The zero-order valence-electron chi connectivity index (χ0n) is 7.87. The number of rotatable bonds is 1. The smallest absolute Gasteiger partial charge is 0.157 e. The van der Waals surface area contributed by atoms with Gasteiger partial charge in [0.15, 0.2) is 11.5 Å². The summed E-state index contributed by atoms with van der Waals surface area (Å²) in [6, 6.07) is 3.91. The molecule has 0 N–H and O–H groups in total. The van der Waals surface area contributed by atoms with E-state index in [0.29, 0.717) is 11.1 Å². The van der Waals surface area contributed by atoms with Crippen LogP contribution in [0.15, 0.2) is 12.1 Å². The first-order valence-corrected chi connectivity index (χ1v) is 5.14. The molecule has 14 heavy (non-hydrogen) atoms. The molecule has 0 unspecified atom stereocenters. The second kappa shape index (κ2) is 2.70. The fourth-order valence-corrected chi connectivity index (χ4v) is 1.90. The second-order valence-electron chi connectivity index (χ2n) is 3.87. The monoisotopic (exact) mass is 207 g/mol. The molecule has 0 atom stereocenters. The van der Waals surface area contributed by atoms with Gasteiger partial charge >= 0.3 is 0 Å². The third-order valence-corrected chi connectivity index (χ3v) is 2.77. The van der Waals surface area contributed by atoms with Crippen LogP contribution >= 0.6 is 11.6 Å². The van der Waals surface area contributed by atoms with Gasteiger partial charge in [-0.05, 0) is 37.5 Å². The van der Waals surface area contributed by atoms with Gasteiger partial charge in [0, 0.05) is 5.92 Å². The van der Waals surface area contributed by atoms with E-state index in [1.165, 1.54) is 12.8 Å². The number of pyridine rings is 1. The van der Waals surface area contributed by atoms with Crippen molar-refractivity contribution in [1.82, 2.24) is 14.6 Å². The molecule has 1 saturated carbocycles. The molecule has 4 heteroatoms. The molecule has 0 spiro atoms. The zero-order chi connectivity index (χ0) is 9.71. The molecule has 72 valence electrons. The third-order valence-electron chi connectivity index (χ3n) is 2.50. The van der Waals surface area contributed by atoms with Crippen molar-refractivity contribution in [2.75, 3.05) is 0 Å². The van der Waals surface area contributed by atoms with Crippen LogP contribution < -0.4 is 0 Å². The summed E-state index contributed by atoms with van der Waals surface area (Å²) < 4.78 is 1.71. The van der Waals surface area contributed by atoms with Crippen molar-refractivity contribution in [3.05, 3.63) is 28.7 Å². The second-order valence-corrected chi connectivity index (χ2v) is 4.26. The topological polar surface area (TPSA) is 30.2 Å². The molecule has 1 aliphatic carbocycles. The number of fused-ring (bicyclic) bond motifs is 1. The van der Waals surface area contributed by atoms with Crippen LogP contribution in [0.2, 0.25) is 5.15 Å². The maximum Gasteiger partial charge on any atom is 0.157 e. The Hall–Kier alpha value is -1.09. The molecule has 3 nitrogen and oxygen atoms in total. The number of aromatic nitrogens is 3. The van der Waals surface area contributed by atoms with Gasteiger partial charge < -0.3 is 0 Å². The minimum atomic E-state index is 0.575. The molecular formula is C10H10ClN3. The molecule has 0 bridgehead atoms. The highest BCUT2D eigenvalue weighted by Crippen LogP contribution is 2.38.